The molecule has 0 atom stereocenters. The predicted octanol–water partition coefficient (Wildman–Crippen LogP) is 8.34. The van der Waals surface area contributed by atoms with Crippen LogP contribution in [0.1, 0.15) is 46.2 Å². The van der Waals surface area contributed by atoms with Crippen LogP contribution in [0, 0.1) is 13.8 Å². The quantitative estimate of drug-likeness (QED) is 0.130. The Balaban J connectivity index is 1.15. The summed E-state index contributed by atoms with van der Waals surface area (Å²) in [5, 5.41) is 39.5. The first-order chi connectivity index (χ1) is 29.2. The van der Waals surface area contributed by atoms with E-state index in [9.17, 15) is 9.59 Å². The molecule has 0 spiro atoms. The van der Waals surface area contributed by atoms with E-state index >= 15 is 0 Å². The van der Waals surface area contributed by atoms with Gasteiger partial charge in [-0.05, 0) is 62.4 Å². The molecular formula is C46H34N12O2. The maximum absolute atomic E-state index is 13.2. The first-order valence-electron chi connectivity index (χ1n) is 19.2. The van der Waals surface area contributed by atoms with E-state index in [1.54, 1.807) is 21.8 Å². The molecule has 0 radical (unpaired) electrons. The van der Waals surface area contributed by atoms with Crippen molar-refractivity contribution in [2.75, 3.05) is 0 Å². The summed E-state index contributed by atoms with van der Waals surface area (Å²) < 4.78 is 6.98. The Labute approximate surface area is 342 Å². The van der Waals surface area contributed by atoms with Crippen molar-refractivity contribution in [1.82, 2.24) is 59.5 Å². The summed E-state index contributed by atoms with van der Waals surface area (Å²) in [5.41, 5.74) is 9.71. The molecule has 10 aromatic rings. The lowest BCUT2D eigenvalue weighted by molar-refractivity contribution is 0.100. The molecule has 6 aromatic heterocycles. The molecule has 14 heteroatoms. The number of ketones is 2. The van der Waals surface area contributed by atoms with Crippen LogP contribution in [0.3, 0.4) is 0 Å². The molecule has 14 nitrogen and oxygen atoms in total. The third-order valence-corrected chi connectivity index (χ3v) is 10.5. The highest BCUT2D eigenvalue weighted by Crippen LogP contribution is 2.38. The number of aromatic nitrogens is 12. The van der Waals surface area contributed by atoms with Crippen molar-refractivity contribution in [1.29, 1.82) is 0 Å². The molecule has 4 aromatic carbocycles. The number of hydrogen-bond acceptors (Lipinski definition) is 10. The minimum Gasteiger partial charge on any atom is -0.293 e. The molecule has 6 heterocycles. The van der Waals surface area contributed by atoms with Gasteiger partial charge in [0.1, 0.15) is 39.5 Å². The second-order valence-corrected chi connectivity index (χ2v) is 14.4. The summed E-state index contributed by atoms with van der Waals surface area (Å²) in [6, 6.07) is 36.9. The van der Waals surface area contributed by atoms with Gasteiger partial charge in [-0.25, -0.2) is 18.7 Å². The zero-order valence-corrected chi connectivity index (χ0v) is 32.9. The lowest BCUT2D eigenvalue weighted by Gasteiger charge is -2.07. The topological polar surface area (TPSA) is 157 Å². The van der Waals surface area contributed by atoms with E-state index in [0.717, 1.165) is 50.6 Å². The van der Waals surface area contributed by atoms with Gasteiger partial charge >= 0.3 is 0 Å². The molecule has 0 saturated carbocycles. The van der Waals surface area contributed by atoms with Gasteiger partial charge in [-0.1, -0.05) is 66.7 Å². The Morgan fingerprint density at radius 1 is 0.467 bits per heavy atom. The van der Waals surface area contributed by atoms with Crippen LogP contribution in [0.5, 0.6) is 0 Å². The highest BCUT2D eigenvalue weighted by molar-refractivity contribution is 6.08. The average molecular weight is 787 g/mol. The van der Waals surface area contributed by atoms with Gasteiger partial charge in [-0.3, -0.25) is 9.59 Å². The van der Waals surface area contributed by atoms with Crippen LogP contribution in [0.4, 0.5) is 0 Å². The summed E-state index contributed by atoms with van der Waals surface area (Å²) in [4.78, 5) is 26.4. The van der Waals surface area contributed by atoms with Crippen LogP contribution in [0.2, 0.25) is 0 Å². The Morgan fingerprint density at radius 3 is 1.48 bits per heavy atom. The molecule has 10 rings (SSSR count). The number of carbonyl (C=O) groups excluding carboxylic acids is 2. The smallest absolute Gasteiger partial charge is 0.180 e. The number of hydrogen-bond donors (Lipinski definition) is 0. The molecule has 290 valence electrons. The number of para-hydroxylation sites is 3. The highest BCUT2D eigenvalue weighted by atomic mass is 16.1. The summed E-state index contributed by atoms with van der Waals surface area (Å²) in [5.74, 6) is -0.471. The number of Topliss-reactive ketones (excluding diaryl/α,β-unsaturated/α-hetero) is 2. The molecule has 0 saturated heterocycles. The standard InChI is InChI=1S/C46H34N12O2/c1-27-40-36(24-55(51-40)32-14-8-5-9-15-32)43(48-47-27)31-20-22-35(23-21-31)58-28(2)39-44(37-25-56(52-41(37)29(3)59)33-16-10-6-11-17-33)49-50-45(46(39)54-58)38-26-57(53-42(38)30(4)60)34-18-12-7-13-19-34/h5-26H,1-4H3. The van der Waals surface area contributed by atoms with Crippen molar-refractivity contribution in [3.05, 3.63) is 157 Å². The number of fused-ring (bicyclic) bond motifs is 2. The van der Waals surface area contributed by atoms with Gasteiger partial charge in [-0.15, -0.1) is 15.3 Å². The SMILES string of the molecule is CC(=O)c1nn(-c2ccccc2)cc1-c1nnc(-c2cn(-c3ccccc3)nc2C(C)=O)c2c(C)n(-c3ccc(-c4nnc(C)c5nn(-c6ccccc6)cc45)cc3)nc12. The van der Waals surface area contributed by atoms with Crippen molar-refractivity contribution in [3.63, 3.8) is 0 Å². The fourth-order valence-electron chi connectivity index (χ4n) is 7.54. The summed E-state index contributed by atoms with van der Waals surface area (Å²) >= 11 is 0. The fraction of sp³-hybridized carbons (Fsp3) is 0.0870. The normalized spacial score (nSPS) is 11.5. The number of nitrogens with zero attached hydrogens (tertiary/aromatic N) is 12. The fourth-order valence-corrected chi connectivity index (χ4v) is 7.54. The van der Waals surface area contributed by atoms with Crippen molar-refractivity contribution in [3.8, 4) is 56.5 Å². The highest BCUT2D eigenvalue weighted by Gasteiger charge is 2.28. The molecule has 0 aliphatic rings. The summed E-state index contributed by atoms with van der Waals surface area (Å²) in [7, 11) is 0. The van der Waals surface area contributed by atoms with Crippen LogP contribution < -0.4 is 0 Å². The first kappa shape index (κ1) is 36.1. The molecule has 0 bridgehead atoms. The van der Waals surface area contributed by atoms with Crippen molar-refractivity contribution < 1.29 is 9.59 Å². The Morgan fingerprint density at radius 2 is 0.950 bits per heavy atom. The van der Waals surface area contributed by atoms with Crippen molar-refractivity contribution in [2.24, 2.45) is 0 Å². The van der Waals surface area contributed by atoms with Gasteiger partial charge in [0, 0.05) is 38.0 Å². The minimum absolute atomic E-state index is 0.223. The third kappa shape index (κ3) is 6.05. The van der Waals surface area contributed by atoms with Gasteiger partial charge in [-0.2, -0.15) is 25.5 Å². The summed E-state index contributed by atoms with van der Waals surface area (Å²) in [6.07, 6.45) is 5.54. The summed E-state index contributed by atoms with van der Waals surface area (Å²) in [6.45, 7) is 6.80. The van der Waals surface area contributed by atoms with E-state index in [1.807, 2.05) is 145 Å². The maximum atomic E-state index is 13.2. The van der Waals surface area contributed by atoms with E-state index in [4.69, 9.17) is 25.5 Å². The maximum Gasteiger partial charge on any atom is 0.180 e. The van der Waals surface area contributed by atoms with Crippen molar-refractivity contribution >= 4 is 33.4 Å². The van der Waals surface area contributed by atoms with E-state index in [0.29, 0.717) is 39.1 Å². The molecule has 0 amide bonds. The van der Waals surface area contributed by atoms with E-state index in [2.05, 4.69) is 15.3 Å². The molecule has 0 fully saturated rings. The predicted molar refractivity (Wildman–Crippen MR) is 227 cm³/mol. The monoisotopic (exact) mass is 786 g/mol. The molecule has 0 N–H and O–H groups in total. The Kier molecular flexibility index (Phi) is 8.60. The van der Waals surface area contributed by atoms with E-state index in [1.165, 1.54) is 13.8 Å². The van der Waals surface area contributed by atoms with Crippen LogP contribution in [0.25, 0.3) is 78.3 Å². The Bertz CT molecular complexity index is 3270. The van der Waals surface area contributed by atoms with Crippen LogP contribution >= 0.6 is 0 Å². The second-order valence-electron chi connectivity index (χ2n) is 14.4. The molecule has 0 unspecified atom stereocenters. The van der Waals surface area contributed by atoms with Crippen LogP contribution in [0.15, 0.2) is 134 Å². The third-order valence-electron chi connectivity index (χ3n) is 10.5. The van der Waals surface area contributed by atoms with Gasteiger partial charge < -0.3 is 0 Å². The van der Waals surface area contributed by atoms with Crippen LogP contribution in [-0.4, -0.2) is 71.1 Å². The number of carbonyl (C=O) groups is 2. The van der Waals surface area contributed by atoms with Gasteiger partial charge in [0.15, 0.2) is 11.6 Å². The lowest BCUT2D eigenvalue weighted by Crippen LogP contribution is -2.02. The van der Waals surface area contributed by atoms with Gasteiger partial charge in [0.25, 0.3) is 0 Å². The minimum atomic E-state index is -0.240. The van der Waals surface area contributed by atoms with Crippen molar-refractivity contribution in [2.45, 2.75) is 27.7 Å². The zero-order chi connectivity index (χ0) is 41.1. The number of benzene rings is 4. The zero-order valence-electron chi connectivity index (χ0n) is 32.9. The van der Waals surface area contributed by atoms with Gasteiger partial charge in [0.05, 0.1) is 56.0 Å². The van der Waals surface area contributed by atoms with Gasteiger partial charge in [0.2, 0.25) is 0 Å². The lowest BCUT2D eigenvalue weighted by atomic mass is 10.0. The average Bonchev–Trinajstić information content (AvgIpc) is 4.10. The number of rotatable bonds is 9. The number of aryl methyl sites for hydroxylation is 2. The Hall–Kier alpha value is -8.26. The molecule has 60 heavy (non-hydrogen) atoms. The second kappa shape index (κ2) is 14.3. The van der Waals surface area contributed by atoms with E-state index in [-0.39, 0.29) is 23.0 Å². The molecule has 0 aliphatic heterocycles. The molecular weight excluding hydrogens is 753 g/mol. The largest absolute Gasteiger partial charge is 0.293 e. The first-order valence-corrected chi connectivity index (χ1v) is 19.2. The van der Waals surface area contributed by atoms with Crippen LogP contribution in [-0.2, 0) is 0 Å². The van der Waals surface area contributed by atoms with E-state index < -0.39 is 0 Å². The molecule has 0 aliphatic carbocycles.